The van der Waals surface area contributed by atoms with E-state index in [1.807, 2.05) is 13.8 Å². The number of hydrogen-bond acceptors (Lipinski definition) is 6. The maximum atomic E-state index is 11.8. The van der Waals surface area contributed by atoms with Crippen molar-refractivity contribution in [1.82, 2.24) is 0 Å². The molecular weight excluding hydrogens is 262 g/mol. The van der Waals surface area contributed by atoms with E-state index in [9.17, 15) is 14.9 Å². The Kier molecular flexibility index (Phi) is 3.80. The first-order valence-electron chi connectivity index (χ1n) is 6.11. The number of non-ortho nitro benzene ring substituents is 1. The van der Waals surface area contributed by atoms with Crippen LogP contribution in [0.25, 0.3) is 0 Å². The number of carbonyl (C=O) groups is 1. The van der Waals surface area contributed by atoms with Crippen LogP contribution < -0.4 is 5.43 Å². The molecule has 20 heavy (non-hydrogen) atoms. The Morgan fingerprint density at radius 3 is 2.85 bits per heavy atom. The first-order chi connectivity index (χ1) is 9.37. The van der Waals surface area contributed by atoms with E-state index in [1.165, 1.54) is 12.1 Å². The molecule has 1 aromatic rings. The molecule has 1 saturated heterocycles. The van der Waals surface area contributed by atoms with Crippen molar-refractivity contribution in [3.05, 3.63) is 34.4 Å². The highest BCUT2D eigenvalue weighted by Gasteiger charge is 2.31. The van der Waals surface area contributed by atoms with Gasteiger partial charge in [-0.1, -0.05) is 6.07 Å². The number of ether oxygens (including phenoxy) is 1. The van der Waals surface area contributed by atoms with E-state index in [0.29, 0.717) is 5.69 Å². The van der Waals surface area contributed by atoms with Crippen molar-refractivity contribution in [3.63, 3.8) is 0 Å². The number of hydrazone groups is 1. The van der Waals surface area contributed by atoms with Gasteiger partial charge in [0.05, 0.1) is 22.8 Å². The van der Waals surface area contributed by atoms with Crippen molar-refractivity contribution < 1.29 is 14.5 Å². The van der Waals surface area contributed by atoms with Gasteiger partial charge in [-0.15, -0.1) is 0 Å². The highest BCUT2D eigenvalue weighted by Crippen LogP contribution is 2.21. The van der Waals surface area contributed by atoms with Crippen LogP contribution >= 0.6 is 0 Å². The lowest BCUT2D eigenvalue weighted by molar-refractivity contribution is -0.384. The van der Waals surface area contributed by atoms with Crippen molar-refractivity contribution in [2.45, 2.75) is 25.9 Å². The van der Waals surface area contributed by atoms with Crippen LogP contribution in [-0.2, 0) is 9.53 Å². The number of Topliss-reactive ketones (excluding diaryl/α,β-unsaturated/α-hetero) is 1. The van der Waals surface area contributed by atoms with Gasteiger partial charge in [0.1, 0.15) is 5.71 Å². The summed E-state index contributed by atoms with van der Waals surface area (Å²) in [5.74, 6) is -0.0841. The molecule has 0 saturated carbocycles. The molecule has 1 aromatic carbocycles. The minimum absolute atomic E-state index is 0.0393. The van der Waals surface area contributed by atoms with Crippen molar-refractivity contribution >= 4 is 22.9 Å². The van der Waals surface area contributed by atoms with Gasteiger partial charge in [0, 0.05) is 18.6 Å². The second-order valence-electron chi connectivity index (χ2n) is 5.13. The number of nitro groups is 1. The maximum Gasteiger partial charge on any atom is 0.271 e. The molecule has 7 heteroatoms. The average molecular weight is 277 g/mol. The maximum absolute atomic E-state index is 11.8. The number of nitrogens with zero attached hydrogens (tertiary/aromatic N) is 2. The van der Waals surface area contributed by atoms with Crippen LogP contribution in [0.4, 0.5) is 11.4 Å². The largest absolute Gasteiger partial charge is 0.369 e. The van der Waals surface area contributed by atoms with Crippen LogP contribution in [0, 0.1) is 10.1 Å². The molecule has 0 bridgehead atoms. The number of carbonyl (C=O) groups excluding carboxylic acids is 1. The van der Waals surface area contributed by atoms with Gasteiger partial charge in [0.15, 0.2) is 5.78 Å². The van der Waals surface area contributed by atoms with Crippen LogP contribution in [0.5, 0.6) is 0 Å². The molecule has 1 N–H and O–H groups in total. The van der Waals surface area contributed by atoms with Crippen molar-refractivity contribution in [1.29, 1.82) is 0 Å². The summed E-state index contributed by atoms with van der Waals surface area (Å²) in [5, 5.41) is 14.6. The van der Waals surface area contributed by atoms with E-state index < -0.39 is 10.5 Å². The fourth-order valence-corrected chi connectivity index (χ4v) is 1.80. The van der Waals surface area contributed by atoms with Crippen molar-refractivity contribution in [2.24, 2.45) is 5.10 Å². The molecule has 0 aliphatic carbocycles. The quantitative estimate of drug-likeness (QED) is 0.674. The third-order valence-electron chi connectivity index (χ3n) is 2.88. The van der Waals surface area contributed by atoms with E-state index in [0.717, 1.165) is 0 Å². The Labute approximate surface area is 115 Å². The number of nitrogens with one attached hydrogen (secondary N) is 1. The van der Waals surface area contributed by atoms with E-state index >= 15 is 0 Å². The summed E-state index contributed by atoms with van der Waals surface area (Å²) in [7, 11) is 0. The number of ketones is 1. The molecule has 0 radical (unpaired) electrons. The van der Waals surface area contributed by atoms with Crippen LogP contribution in [0.1, 0.15) is 20.3 Å². The molecular formula is C13H15N3O4. The molecule has 7 nitrogen and oxygen atoms in total. The molecule has 0 unspecified atom stereocenters. The van der Waals surface area contributed by atoms with Gasteiger partial charge in [0.2, 0.25) is 0 Å². The summed E-state index contributed by atoms with van der Waals surface area (Å²) in [6, 6.07) is 5.91. The number of hydrogen-bond donors (Lipinski definition) is 1. The van der Waals surface area contributed by atoms with Gasteiger partial charge in [-0.05, 0) is 19.9 Å². The topological polar surface area (TPSA) is 93.8 Å². The smallest absolute Gasteiger partial charge is 0.271 e. The molecule has 106 valence electrons. The highest BCUT2D eigenvalue weighted by molar-refractivity contribution is 6.41. The standard InChI is InChI=1S/C13H15N3O4/c1-13(2)7-12(17)11(8-20-13)15-14-9-4-3-5-10(6-9)16(18)19/h3-6,14H,7-8H2,1-2H3. The fraction of sp³-hybridized carbons (Fsp3) is 0.385. The Hall–Kier alpha value is -2.28. The number of benzene rings is 1. The van der Waals surface area contributed by atoms with Gasteiger partial charge >= 0.3 is 0 Å². The molecule has 1 aliphatic heterocycles. The third-order valence-corrected chi connectivity index (χ3v) is 2.88. The van der Waals surface area contributed by atoms with E-state index in [4.69, 9.17) is 4.74 Å². The van der Waals surface area contributed by atoms with Crippen LogP contribution in [-0.4, -0.2) is 28.6 Å². The fourth-order valence-electron chi connectivity index (χ4n) is 1.80. The molecule has 2 rings (SSSR count). The van der Waals surface area contributed by atoms with Gasteiger partial charge in [-0.2, -0.15) is 5.10 Å². The molecule has 0 amide bonds. The zero-order chi connectivity index (χ0) is 14.8. The van der Waals surface area contributed by atoms with Crippen LogP contribution in [0.15, 0.2) is 29.4 Å². The molecule has 1 heterocycles. The third kappa shape index (κ3) is 3.39. The number of rotatable bonds is 3. The molecule has 0 aromatic heterocycles. The first kappa shape index (κ1) is 14.1. The van der Waals surface area contributed by atoms with E-state index in [2.05, 4.69) is 10.5 Å². The SMILES string of the molecule is CC1(C)CC(=O)C(=NNc2cccc([N+](=O)[O-])c2)CO1. The summed E-state index contributed by atoms with van der Waals surface area (Å²) in [6.45, 7) is 3.82. The Bertz CT molecular complexity index is 581. The molecule has 1 aliphatic rings. The van der Waals surface area contributed by atoms with Gasteiger partial charge in [-0.3, -0.25) is 20.3 Å². The predicted molar refractivity (Wildman–Crippen MR) is 73.8 cm³/mol. The average Bonchev–Trinajstić information content (AvgIpc) is 2.37. The molecule has 0 atom stereocenters. The van der Waals surface area contributed by atoms with E-state index in [-0.39, 0.29) is 30.2 Å². The molecule has 1 fully saturated rings. The van der Waals surface area contributed by atoms with E-state index in [1.54, 1.807) is 12.1 Å². The van der Waals surface area contributed by atoms with Gasteiger partial charge in [-0.25, -0.2) is 0 Å². The lowest BCUT2D eigenvalue weighted by atomic mass is 9.96. The normalized spacial score (nSPS) is 19.9. The minimum Gasteiger partial charge on any atom is -0.369 e. The number of nitro benzene ring substituents is 1. The Morgan fingerprint density at radius 2 is 2.20 bits per heavy atom. The minimum atomic E-state index is -0.490. The first-order valence-corrected chi connectivity index (χ1v) is 6.11. The summed E-state index contributed by atoms with van der Waals surface area (Å²) in [4.78, 5) is 22.0. The molecule has 0 spiro atoms. The van der Waals surface area contributed by atoms with Crippen molar-refractivity contribution in [3.8, 4) is 0 Å². The highest BCUT2D eigenvalue weighted by atomic mass is 16.6. The lowest BCUT2D eigenvalue weighted by Gasteiger charge is -2.29. The summed E-state index contributed by atoms with van der Waals surface area (Å²) >= 11 is 0. The zero-order valence-electron chi connectivity index (χ0n) is 11.3. The van der Waals surface area contributed by atoms with Crippen LogP contribution in [0.3, 0.4) is 0 Å². The van der Waals surface area contributed by atoms with Gasteiger partial charge in [0.25, 0.3) is 5.69 Å². The van der Waals surface area contributed by atoms with Gasteiger partial charge < -0.3 is 4.74 Å². The predicted octanol–water partition coefficient (Wildman–Crippen LogP) is 2.13. The summed E-state index contributed by atoms with van der Waals surface area (Å²) in [6.07, 6.45) is 0.266. The monoisotopic (exact) mass is 277 g/mol. The number of anilines is 1. The zero-order valence-corrected chi connectivity index (χ0v) is 11.3. The second kappa shape index (κ2) is 5.38. The van der Waals surface area contributed by atoms with Crippen molar-refractivity contribution in [2.75, 3.05) is 12.0 Å². The Balaban J connectivity index is 2.08. The second-order valence-corrected chi connectivity index (χ2v) is 5.13. The summed E-state index contributed by atoms with van der Waals surface area (Å²) in [5.41, 5.74) is 2.88. The van der Waals surface area contributed by atoms with Crippen LogP contribution in [0.2, 0.25) is 0 Å². The lowest BCUT2D eigenvalue weighted by Crippen LogP contribution is -2.40. The Morgan fingerprint density at radius 1 is 1.45 bits per heavy atom. The summed E-state index contributed by atoms with van der Waals surface area (Å²) < 4.78 is 5.50.